The van der Waals surface area contributed by atoms with Crippen molar-refractivity contribution >= 4 is 58.9 Å². The number of aliphatic hydroxyl groups excluding tert-OH is 4. The molecular weight excluding hydrogens is 1400 g/mol. The number of carboxylic acid groups (broad SMARTS) is 3. The Kier molecular flexibility index (Phi) is 86.2. The third kappa shape index (κ3) is 90.3. The molecule has 21 nitrogen and oxygen atoms in total. The van der Waals surface area contributed by atoms with Crippen molar-refractivity contribution in [1.82, 2.24) is 21.3 Å². The maximum atomic E-state index is 11.9. The van der Waals surface area contributed by atoms with Gasteiger partial charge in [-0.1, -0.05) is 310 Å². The second-order valence-corrected chi connectivity index (χ2v) is 31.7. The molecule has 11 N–H and O–H groups in total. The van der Waals surface area contributed by atoms with Gasteiger partial charge in [-0.3, -0.25) is 33.6 Å². The van der Waals surface area contributed by atoms with Gasteiger partial charge < -0.3 is 61.8 Å². The van der Waals surface area contributed by atoms with E-state index in [0.717, 1.165) is 180 Å². The number of carbonyl (C=O) groups is 10. The van der Waals surface area contributed by atoms with Crippen LogP contribution in [0.2, 0.25) is 0 Å². The van der Waals surface area contributed by atoms with Crippen molar-refractivity contribution in [1.29, 1.82) is 0 Å². The standard InChI is InChI=1S/C24H45NO5.C23H43NO5.C21H41NO4.C21H41NO3/c1-3-4-5-12-15-21(27)16-13-10-8-6-7-9-11-14-17-23(28)25-22(24(29)30)19-18-20(2)26;1-3-4-5-12-15-20(26)16-13-10-8-6-7-9-11-14-17-22(27)24-21(23(28)29)18-19(2)25;1-3-4-5-12-15-19(23)16-13-10-8-6-7-9-11-14-17-20(24)22-18(2)21(25)26;1-3-4-5-12-15-20(24)16-13-10-8-6-7-9-11-14-17-21(25)22-18-19(2)23/h21-22,27H,3-19H2,1-2H3,(H,25,28)(H,29,30);20-21,26H,3-18H2,1-2H3,(H,24,27)(H,28,29);18-19,23H,3-17H2,1-2H3,(H,22,24)(H,25,26);20,24H,3-18H2,1-2H3,(H,22,25). The van der Waals surface area contributed by atoms with Crippen LogP contribution in [-0.4, -0.2) is 144 Å². The average molecular weight is 1570 g/mol. The highest BCUT2D eigenvalue weighted by molar-refractivity contribution is 5.89. The molecule has 648 valence electrons. The van der Waals surface area contributed by atoms with Crippen LogP contribution in [0.4, 0.5) is 0 Å². The topological polar surface area (TPSA) is 360 Å². The molecule has 0 fully saturated rings. The predicted octanol–water partition coefficient (Wildman–Crippen LogP) is 19.7. The fourth-order valence-corrected chi connectivity index (χ4v) is 13.0. The van der Waals surface area contributed by atoms with E-state index >= 15 is 0 Å². The van der Waals surface area contributed by atoms with Gasteiger partial charge in [-0.2, -0.15) is 0 Å². The largest absolute Gasteiger partial charge is 0.480 e. The van der Waals surface area contributed by atoms with Crippen molar-refractivity contribution < 1.29 is 83.7 Å². The number of aliphatic hydroxyl groups is 4. The fourth-order valence-electron chi connectivity index (χ4n) is 13.0. The summed E-state index contributed by atoms with van der Waals surface area (Å²) in [7, 11) is 0. The van der Waals surface area contributed by atoms with Crippen molar-refractivity contribution in [2.24, 2.45) is 0 Å². The molecule has 4 amide bonds. The molecule has 0 heterocycles. The number of amides is 4. The summed E-state index contributed by atoms with van der Waals surface area (Å²) >= 11 is 0. The Hall–Kier alpha value is -4.86. The van der Waals surface area contributed by atoms with Gasteiger partial charge in [0.1, 0.15) is 35.5 Å². The smallest absolute Gasteiger partial charge is 0.326 e. The van der Waals surface area contributed by atoms with E-state index in [1.165, 1.54) is 207 Å². The molecule has 7 atom stereocenters. The van der Waals surface area contributed by atoms with Crippen LogP contribution in [0.1, 0.15) is 460 Å². The van der Waals surface area contributed by atoms with Crippen LogP contribution in [0, 0.1) is 0 Å². The Morgan fingerprint density at radius 2 is 0.473 bits per heavy atom. The second-order valence-electron chi connectivity index (χ2n) is 31.7. The molecule has 0 aromatic rings. The average Bonchev–Trinajstić information content (AvgIpc) is 0.936. The van der Waals surface area contributed by atoms with Crippen LogP contribution in [0.15, 0.2) is 0 Å². The normalized spacial score (nSPS) is 12.9. The van der Waals surface area contributed by atoms with Crippen LogP contribution >= 0.6 is 0 Å². The molecule has 0 aliphatic rings. The van der Waals surface area contributed by atoms with Gasteiger partial charge in [0, 0.05) is 38.5 Å². The van der Waals surface area contributed by atoms with Crippen LogP contribution in [0.5, 0.6) is 0 Å². The lowest BCUT2D eigenvalue weighted by Crippen LogP contribution is -2.41. The Balaban J connectivity index is -0.000000683. The number of hydrogen-bond acceptors (Lipinski definition) is 14. The number of nitrogens with one attached hydrogen (secondary N) is 4. The van der Waals surface area contributed by atoms with Gasteiger partial charge in [0.2, 0.25) is 23.6 Å². The molecule has 0 radical (unpaired) electrons. The minimum Gasteiger partial charge on any atom is -0.480 e. The first-order chi connectivity index (χ1) is 52.8. The molecule has 0 aliphatic heterocycles. The fraction of sp³-hybridized carbons (Fsp3) is 0.888. The van der Waals surface area contributed by atoms with Crippen LogP contribution in [0.3, 0.4) is 0 Å². The number of ketones is 3. The van der Waals surface area contributed by atoms with Crippen molar-refractivity contribution in [3.8, 4) is 0 Å². The molecule has 0 bridgehead atoms. The third-order valence-corrected chi connectivity index (χ3v) is 20.2. The minimum atomic E-state index is -1.17. The summed E-state index contributed by atoms with van der Waals surface area (Å²) in [6.07, 6.45) is 63.8. The van der Waals surface area contributed by atoms with Gasteiger partial charge in [-0.15, -0.1) is 0 Å². The molecule has 0 aromatic carbocycles. The number of hydrogen-bond donors (Lipinski definition) is 11. The zero-order valence-corrected chi connectivity index (χ0v) is 71.5. The van der Waals surface area contributed by atoms with E-state index in [1.54, 1.807) is 0 Å². The number of aliphatic carboxylic acids is 3. The maximum absolute atomic E-state index is 11.9. The van der Waals surface area contributed by atoms with E-state index in [0.29, 0.717) is 25.7 Å². The number of Topliss-reactive ketones (excluding diaryl/α,β-unsaturated/α-hetero) is 3. The van der Waals surface area contributed by atoms with Crippen molar-refractivity contribution in [3.05, 3.63) is 0 Å². The van der Waals surface area contributed by atoms with E-state index in [4.69, 9.17) is 15.3 Å². The molecular formula is C89H170N4O17. The lowest BCUT2D eigenvalue weighted by Gasteiger charge is -2.13. The van der Waals surface area contributed by atoms with Crippen LogP contribution in [0.25, 0.3) is 0 Å². The monoisotopic (exact) mass is 1570 g/mol. The number of unbranched alkanes of at least 4 members (excludes halogenated alkanes) is 40. The van der Waals surface area contributed by atoms with Gasteiger partial charge in [0.25, 0.3) is 0 Å². The second kappa shape index (κ2) is 85.0. The highest BCUT2D eigenvalue weighted by Crippen LogP contribution is 2.20. The van der Waals surface area contributed by atoms with Gasteiger partial charge in [-0.25, -0.2) is 9.59 Å². The summed E-state index contributed by atoms with van der Waals surface area (Å²) in [4.78, 5) is 112. The Labute approximate surface area is 669 Å². The van der Waals surface area contributed by atoms with Gasteiger partial charge >= 0.3 is 17.9 Å². The lowest BCUT2D eigenvalue weighted by molar-refractivity contribution is -0.143. The SMILES string of the molecule is CCCCCCC(O)CCCCCCCCCCC(=O)NC(C)C(=O)O.CCCCCCC(O)CCCCCCCCCCC(=O)NC(CC(C)=O)C(=O)O.CCCCCCC(O)CCCCCCCCCCC(=O)NC(CCC(C)=O)C(=O)O.CCCCCCC(O)CCCCCCCCCCC(=O)NCC(C)=O. The highest BCUT2D eigenvalue weighted by Gasteiger charge is 2.22. The van der Waals surface area contributed by atoms with Crippen molar-refractivity contribution in [2.75, 3.05) is 6.54 Å². The zero-order chi connectivity index (χ0) is 82.9. The Morgan fingerprint density at radius 3 is 0.700 bits per heavy atom. The van der Waals surface area contributed by atoms with Gasteiger partial charge in [0.05, 0.1) is 31.0 Å². The quantitative estimate of drug-likeness (QED) is 0.0252. The number of rotatable bonds is 77. The highest BCUT2D eigenvalue weighted by atomic mass is 16.4. The molecule has 0 saturated heterocycles. The van der Waals surface area contributed by atoms with E-state index < -0.39 is 36.0 Å². The molecule has 110 heavy (non-hydrogen) atoms. The van der Waals surface area contributed by atoms with Crippen molar-refractivity contribution in [2.45, 2.75) is 502 Å². The molecule has 21 heteroatoms. The first-order valence-electron chi connectivity index (χ1n) is 44.8. The molecule has 7 unspecified atom stereocenters. The van der Waals surface area contributed by atoms with Gasteiger partial charge in [0.15, 0.2) is 0 Å². The summed E-state index contributed by atoms with van der Waals surface area (Å²) < 4.78 is 0. The summed E-state index contributed by atoms with van der Waals surface area (Å²) in [5.74, 6) is -4.32. The first-order valence-corrected chi connectivity index (χ1v) is 44.8. The molecule has 0 spiro atoms. The van der Waals surface area contributed by atoms with E-state index in [9.17, 15) is 68.4 Å². The number of carbonyl (C=O) groups excluding carboxylic acids is 7. The minimum absolute atomic E-state index is 0.00244. The summed E-state index contributed by atoms with van der Waals surface area (Å²) in [5, 5.41) is 76.6. The summed E-state index contributed by atoms with van der Waals surface area (Å²) in [5.41, 5.74) is 0. The molecule has 0 rings (SSSR count). The lowest BCUT2D eigenvalue weighted by atomic mass is 10.0. The zero-order valence-electron chi connectivity index (χ0n) is 71.5. The van der Waals surface area contributed by atoms with Crippen molar-refractivity contribution in [3.63, 3.8) is 0 Å². The molecule has 0 saturated carbocycles. The number of carboxylic acids is 3. The molecule has 0 aliphatic carbocycles. The summed E-state index contributed by atoms with van der Waals surface area (Å²) in [6, 6.07) is -2.90. The Bertz CT molecular complexity index is 2200. The first kappa shape index (κ1) is 111. The van der Waals surface area contributed by atoms with E-state index in [1.807, 2.05) is 0 Å². The Morgan fingerprint density at radius 1 is 0.245 bits per heavy atom. The summed E-state index contributed by atoms with van der Waals surface area (Å²) in [6.45, 7) is 14.7. The third-order valence-electron chi connectivity index (χ3n) is 20.2. The van der Waals surface area contributed by atoms with Gasteiger partial charge in [-0.05, 0) is 111 Å². The molecule has 0 aromatic heterocycles. The maximum Gasteiger partial charge on any atom is 0.326 e. The predicted molar refractivity (Wildman–Crippen MR) is 447 cm³/mol. The van der Waals surface area contributed by atoms with E-state index in [-0.39, 0.29) is 91.2 Å². The van der Waals surface area contributed by atoms with E-state index in [2.05, 4.69) is 49.0 Å². The van der Waals surface area contributed by atoms with Crippen LogP contribution < -0.4 is 21.3 Å². The van der Waals surface area contributed by atoms with Crippen LogP contribution in [-0.2, 0) is 47.9 Å².